The van der Waals surface area contributed by atoms with E-state index in [-0.39, 0.29) is 59.3 Å². The van der Waals surface area contributed by atoms with Crippen molar-refractivity contribution in [2.24, 2.45) is 14.1 Å². The summed E-state index contributed by atoms with van der Waals surface area (Å²) >= 11 is 11.6. The second-order valence-corrected chi connectivity index (χ2v) is 11.3. The highest BCUT2D eigenvalue weighted by Crippen LogP contribution is 2.30. The van der Waals surface area contributed by atoms with Crippen LogP contribution in [0.4, 0.5) is 0 Å². The van der Waals surface area contributed by atoms with E-state index in [4.69, 9.17) is 43.4 Å². The highest BCUT2D eigenvalue weighted by atomic mass is 35.7. The predicted molar refractivity (Wildman–Crippen MR) is 136 cm³/mol. The van der Waals surface area contributed by atoms with Crippen LogP contribution in [0.3, 0.4) is 0 Å². The second-order valence-electron chi connectivity index (χ2n) is 6.12. The SMILES string of the molecule is C.C.CCOC(=O)c1c(Cl)c(S(=O)(=O)Cl)cn1C.CCOC(=O)c1c(Cl)c(S(=O)(=O)NC)cn1C. The lowest BCUT2D eigenvalue weighted by atomic mass is 10.4. The zero-order chi connectivity index (χ0) is 25.7. The molecule has 1 N–H and O–H groups in total. The molecule has 0 saturated heterocycles. The van der Waals surface area contributed by atoms with E-state index in [9.17, 15) is 26.4 Å². The number of hydrogen-bond donors (Lipinski definition) is 1. The van der Waals surface area contributed by atoms with E-state index >= 15 is 0 Å². The van der Waals surface area contributed by atoms with Gasteiger partial charge in [-0.15, -0.1) is 0 Å². The minimum Gasteiger partial charge on any atom is -0.461 e. The van der Waals surface area contributed by atoms with E-state index in [2.05, 4.69) is 4.72 Å². The first-order valence-electron chi connectivity index (χ1n) is 9.05. The molecule has 0 radical (unpaired) electrons. The Morgan fingerprint density at radius 1 is 0.857 bits per heavy atom. The number of halogens is 3. The van der Waals surface area contributed by atoms with Crippen molar-refractivity contribution < 1.29 is 35.9 Å². The number of nitrogens with zero attached hydrogens (tertiary/aromatic N) is 2. The van der Waals surface area contributed by atoms with Gasteiger partial charge in [0.1, 0.15) is 21.2 Å². The fraction of sp³-hybridized carbons (Fsp3) is 0.474. The Morgan fingerprint density at radius 3 is 1.49 bits per heavy atom. The number of nitrogens with one attached hydrogen (secondary N) is 1. The van der Waals surface area contributed by atoms with Crippen molar-refractivity contribution in [3.8, 4) is 0 Å². The average Bonchev–Trinajstić information content (AvgIpc) is 3.18. The van der Waals surface area contributed by atoms with Gasteiger partial charge in [-0.1, -0.05) is 38.1 Å². The van der Waals surface area contributed by atoms with Crippen LogP contribution in [0.1, 0.15) is 49.7 Å². The molecule has 16 heteroatoms. The Balaban J connectivity index is 0. The maximum Gasteiger partial charge on any atom is 0.356 e. The van der Waals surface area contributed by atoms with E-state index in [1.807, 2.05) is 0 Å². The molecule has 2 aromatic rings. The Hall–Kier alpha value is -1.77. The normalized spacial score (nSPS) is 10.9. The molecule has 2 rings (SSSR count). The number of aryl methyl sites for hydroxylation is 2. The van der Waals surface area contributed by atoms with Gasteiger partial charge in [-0.25, -0.2) is 31.1 Å². The van der Waals surface area contributed by atoms with Crippen LogP contribution < -0.4 is 4.72 Å². The molecule has 2 heterocycles. The zero-order valence-electron chi connectivity index (χ0n) is 18.2. The first-order valence-corrected chi connectivity index (χ1v) is 13.6. The maximum absolute atomic E-state index is 11.6. The van der Waals surface area contributed by atoms with Gasteiger partial charge in [0.2, 0.25) is 10.0 Å². The molecule has 0 bridgehead atoms. The molecule has 0 atom stereocenters. The van der Waals surface area contributed by atoms with Gasteiger partial charge in [0.25, 0.3) is 9.05 Å². The number of sulfonamides is 1. The molecule has 0 saturated carbocycles. The van der Waals surface area contributed by atoms with Crippen LogP contribution in [-0.2, 0) is 42.6 Å². The summed E-state index contributed by atoms with van der Waals surface area (Å²) < 4.78 is 59.7. The minimum absolute atomic E-state index is 0. The van der Waals surface area contributed by atoms with Gasteiger partial charge in [-0.3, -0.25) is 0 Å². The van der Waals surface area contributed by atoms with E-state index in [1.54, 1.807) is 13.8 Å². The molecule has 0 aromatic carbocycles. The summed E-state index contributed by atoms with van der Waals surface area (Å²) in [5.41, 5.74) is -0.0231. The smallest absolute Gasteiger partial charge is 0.356 e. The van der Waals surface area contributed by atoms with Crippen LogP contribution in [0.25, 0.3) is 0 Å². The van der Waals surface area contributed by atoms with E-state index in [0.717, 1.165) is 6.20 Å². The molecule has 35 heavy (non-hydrogen) atoms. The van der Waals surface area contributed by atoms with Crippen molar-refractivity contribution in [1.82, 2.24) is 13.9 Å². The van der Waals surface area contributed by atoms with Gasteiger partial charge >= 0.3 is 11.9 Å². The third-order valence-electron chi connectivity index (χ3n) is 3.93. The van der Waals surface area contributed by atoms with Gasteiger partial charge in [0.15, 0.2) is 0 Å². The molecular weight excluding hydrogens is 569 g/mol. The van der Waals surface area contributed by atoms with Crippen LogP contribution in [0.5, 0.6) is 0 Å². The molecular formula is C19H30Cl3N3O8S2. The monoisotopic (exact) mass is 597 g/mol. The van der Waals surface area contributed by atoms with Gasteiger partial charge in [0, 0.05) is 37.2 Å². The molecule has 11 nitrogen and oxygen atoms in total. The highest BCUT2D eigenvalue weighted by Gasteiger charge is 2.27. The van der Waals surface area contributed by atoms with Crippen LogP contribution >= 0.6 is 33.9 Å². The molecule has 0 spiro atoms. The predicted octanol–water partition coefficient (Wildman–Crippen LogP) is 3.82. The number of aromatic nitrogens is 2. The molecule has 2 aromatic heterocycles. The Kier molecular flexibility index (Phi) is 14.2. The summed E-state index contributed by atoms with van der Waals surface area (Å²) in [6, 6.07) is 0. The molecule has 0 aliphatic carbocycles. The van der Waals surface area contributed by atoms with Crippen molar-refractivity contribution in [1.29, 1.82) is 0 Å². The van der Waals surface area contributed by atoms with E-state index in [0.29, 0.717) is 0 Å². The summed E-state index contributed by atoms with van der Waals surface area (Å²) in [5, 5.41) is -0.365. The first kappa shape index (κ1) is 35.4. The number of ether oxygens (including phenoxy) is 2. The Bertz CT molecular complexity index is 1250. The quantitative estimate of drug-likeness (QED) is 0.374. The lowest BCUT2D eigenvalue weighted by molar-refractivity contribution is 0.0506. The summed E-state index contributed by atoms with van der Waals surface area (Å²) in [7, 11) is 1.75. The van der Waals surface area contributed by atoms with Crippen LogP contribution in [-0.4, -0.2) is 58.2 Å². The molecule has 0 aliphatic rings. The van der Waals surface area contributed by atoms with Gasteiger partial charge in [-0.2, -0.15) is 0 Å². The van der Waals surface area contributed by atoms with Crippen molar-refractivity contribution >= 4 is 64.9 Å². The third kappa shape index (κ3) is 8.40. The topological polar surface area (TPSA) is 143 Å². The third-order valence-corrected chi connectivity index (χ3v) is 7.68. The fourth-order valence-corrected chi connectivity index (χ4v) is 5.51. The van der Waals surface area contributed by atoms with Crippen molar-refractivity contribution in [3.05, 3.63) is 33.8 Å². The lowest BCUT2D eigenvalue weighted by Gasteiger charge is -2.03. The maximum atomic E-state index is 11.6. The highest BCUT2D eigenvalue weighted by molar-refractivity contribution is 8.13. The number of carbonyl (C=O) groups excluding carboxylic acids is 2. The van der Waals surface area contributed by atoms with Crippen LogP contribution in [0, 0.1) is 0 Å². The summed E-state index contributed by atoms with van der Waals surface area (Å²) in [4.78, 5) is 22.6. The largest absolute Gasteiger partial charge is 0.461 e. The average molecular weight is 599 g/mol. The van der Waals surface area contributed by atoms with Gasteiger partial charge in [-0.05, 0) is 20.9 Å². The van der Waals surface area contributed by atoms with Crippen molar-refractivity contribution in [2.45, 2.75) is 38.5 Å². The lowest BCUT2D eigenvalue weighted by Crippen LogP contribution is -2.18. The van der Waals surface area contributed by atoms with Crippen LogP contribution in [0.15, 0.2) is 22.2 Å². The Morgan fingerprint density at radius 2 is 1.20 bits per heavy atom. The second kappa shape index (κ2) is 14.1. The zero-order valence-corrected chi connectivity index (χ0v) is 22.1. The molecule has 202 valence electrons. The minimum atomic E-state index is -3.97. The summed E-state index contributed by atoms with van der Waals surface area (Å²) in [6.45, 7) is 3.64. The number of hydrogen-bond acceptors (Lipinski definition) is 8. The Labute approximate surface area is 220 Å². The number of esters is 2. The van der Waals surface area contributed by atoms with Crippen molar-refractivity contribution in [2.75, 3.05) is 20.3 Å². The summed E-state index contributed by atoms with van der Waals surface area (Å²) in [6.07, 6.45) is 2.43. The van der Waals surface area contributed by atoms with E-state index < -0.39 is 31.0 Å². The summed E-state index contributed by atoms with van der Waals surface area (Å²) in [5.74, 6) is -1.35. The molecule has 0 unspecified atom stereocenters. The molecule has 0 fully saturated rings. The van der Waals surface area contributed by atoms with E-state index in [1.165, 1.54) is 36.5 Å². The van der Waals surface area contributed by atoms with Gasteiger partial charge in [0.05, 0.1) is 23.3 Å². The fourth-order valence-electron chi connectivity index (χ4n) is 2.47. The first-order chi connectivity index (χ1) is 15.1. The van der Waals surface area contributed by atoms with Crippen LogP contribution in [0.2, 0.25) is 10.0 Å². The molecule has 0 amide bonds. The number of carbonyl (C=O) groups is 2. The standard InChI is InChI=1S/C9H13ClN2O4S.C8H9Cl2NO4S.2CH4/c1-4-16-9(13)8-7(10)6(5-12(8)3)17(14,15)11-2;1-3-15-8(12)7-6(9)5(4-11(7)2)16(10,13)14;;/h5,11H,4H2,1-3H3;4H,3H2,1-2H3;2*1H4. The molecule has 0 aliphatic heterocycles. The van der Waals surface area contributed by atoms with Gasteiger partial charge < -0.3 is 18.6 Å². The van der Waals surface area contributed by atoms with Crippen molar-refractivity contribution in [3.63, 3.8) is 0 Å². The number of rotatable bonds is 7.